The summed E-state index contributed by atoms with van der Waals surface area (Å²) in [5.41, 5.74) is 0.700. The van der Waals surface area contributed by atoms with Crippen molar-refractivity contribution in [2.75, 3.05) is 0 Å². The van der Waals surface area contributed by atoms with E-state index in [1.165, 1.54) is 6.07 Å². The van der Waals surface area contributed by atoms with E-state index in [2.05, 4.69) is 10.3 Å². The molecule has 14 heavy (non-hydrogen) atoms. The number of rotatable bonds is 3. The fraction of sp³-hybridized carbons (Fsp3) is 0.400. The first kappa shape index (κ1) is 8.99. The van der Waals surface area contributed by atoms with E-state index in [1.807, 2.05) is 0 Å². The van der Waals surface area contributed by atoms with Crippen LogP contribution in [0, 0.1) is 5.92 Å². The molecule has 2 N–H and O–H groups in total. The summed E-state index contributed by atoms with van der Waals surface area (Å²) in [6, 6.07) is 3.28. The number of carbonyl (C=O) groups excluding carboxylic acids is 1. The van der Waals surface area contributed by atoms with Crippen molar-refractivity contribution < 1.29 is 4.79 Å². The Morgan fingerprint density at radius 3 is 3.00 bits per heavy atom. The quantitative estimate of drug-likeness (QED) is 0.728. The molecule has 1 aliphatic rings. The highest BCUT2D eigenvalue weighted by Gasteiger charge is 2.29. The smallest absolute Gasteiger partial charge is 0.248 e. The molecule has 1 aromatic rings. The van der Waals surface area contributed by atoms with Gasteiger partial charge in [0.05, 0.1) is 0 Å². The number of nitrogens with one attached hydrogen (secondary N) is 2. The Hall–Kier alpha value is -1.58. The Morgan fingerprint density at radius 1 is 1.57 bits per heavy atom. The van der Waals surface area contributed by atoms with Gasteiger partial charge in [0, 0.05) is 24.7 Å². The summed E-state index contributed by atoms with van der Waals surface area (Å²) in [4.78, 5) is 24.7. The van der Waals surface area contributed by atoms with Crippen molar-refractivity contribution in [3.05, 3.63) is 34.2 Å². The first-order valence-corrected chi connectivity index (χ1v) is 4.71. The number of H-pyrrole nitrogens is 1. The van der Waals surface area contributed by atoms with Gasteiger partial charge in [0.2, 0.25) is 11.5 Å². The molecule has 1 amide bonds. The van der Waals surface area contributed by atoms with Crippen molar-refractivity contribution in [3.63, 3.8) is 0 Å². The van der Waals surface area contributed by atoms with Crippen LogP contribution in [0.5, 0.6) is 0 Å². The fourth-order valence-electron chi connectivity index (χ4n) is 1.28. The van der Waals surface area contributed by atoms with Crippen molar-refractivity contribution in [1.82, 2.24) is 10.3 Å². The van der Waals surface area contributed by atoms with Gasteiger partial charge in [-0.1, -0.05) is 0 Å². The van der Waals surface area contributed by atoms with Crippen LogP contribution in [-0.4, -0.2) is 10.9 Å². The summed E-state index contributed by atoms with van der Waals surface area (Å²) in [6.45, 7) is 0.444. The molecule has 1 heterocycles. The maximum Gasteiger partial charge on any atom is 0.248 e. The lowest BCUT2D eigenvalue weighted by Crippen LogP contribution is -2.24. The molecular formula is C10H12N2O2. The summed E-state index contributed by atoms with van der Waals surface area (Å²) in [5, 5.41) is 2.80. The molecule has 0 bridgehead atoms. The second-order valence-corrected chi connectivity index (χ2v) is 3.55. The molecule has 0 saturated heterocycles. The van der Waals surface area contributed by atoms with Crippen LogP contribution in [-0.2, 0) is 11.3 Å². The molecular weight excluding hydrogens is 180 g/mol. The molecule has 0 radical (unpaired) electrons. The Morgan fingerprint density at radius 2 is 2.36 bits per heavy atom. The number of pyridine rings is 1. The van der Waals surface area contributed by atoms with E-state index in [1.54, 1.807) is 12.3 Å². The van der Waals surface area contributed by atoms with E-state index in [0.29, 0.717) is 6.54 Å². The molecule has 4 nitrogen and oxygen atoms in total. The monoisotopic (exact) mass is 192 g/mol. The van der Waals surface area contributed by atoms with E-state index < -0.39 is 0 Å². The second kappa shape index (κ2) is 3.65. The zero-order valence-electron chi connectivity index (χ0n) is 7.75. The van der Waals surface area contributed by atoms with Gasteiger partial charge in [-0.15, -0.1) is 0 Å². The number of hydrogen-bond acceptors (Lipinski definition) is 2. The van der Waals surface area contributed by atoms with E-state index in [-0.39, 0.29) is 17.4 Å². The van der Waals surface area contributed by atoms with Gasteiger partial charge in [-0.05, 0) is 24.5 Å². The summed E-state index contributed by atoms with van der Waals surface area (Å²) in [5.74, 6) is 0.322. The lowest BCUT2D eigenvalue weighted by molar-refractivity contribution is -0.122. The highest BCUT2D eigenvalue weighted by Crippen LogP contribution is 2.28. The number of hydrogen-bond donors (Lipinski definition) is 2. The number of amides is 1. The van der Waals surface area contributed by atoms with Crippen LogP contribution >= 0.6 is 0 Å². The highest BCUT2D eigenvalue weighted by atomic mass is 16.2. The van der Waals surface area contributed by atoms with E-state index in [0.717, 1.165) is 18.4 Å². The van der Waals surface area contributed by atoms with Gasteiger partial charge >= 0.3 is 0 Å². The van der Waals surface area contributed by atoms with Gasteiger partial charge in [-0.25, -0.2) is 0 Å². The van der Waals surface area contributed by atoms with Gasteiger partial charge in [0.25, 0.3) is 0 Å². The molecule has 0 aromatic carbocycles. The standard InChI is InChI=1S/C10H12N2O2/c13-9-5-7(3-4-11-9)6-12-10(14)8-1-2-8/h3-5,8H,1-2,6H2,(H,11,13)(H,12,14). The number of carbonyl (C=O) groups is 1. The van der Waals surface area contributed by atoms with Crippen molar-refractivity contribution >= 4 is 5.91 Å². The van der Waals surface area contributed by atoms with Gasteiger partial charge in [-0.2, -0.15) is 0 Å². The first-order valence-electron chi connectivity index (χ1n) is 4.71. The Kier molecular flexibility index (Phi) is 2.35. The van der Waals surface area contributed by atoms with Crippen LogP contribution in [0.25, 0.3) is 0 Å². The van der Waals surface area contributed by atoms with Crippen LogP contribution in [0.3, 0.4) is 0 Å². The van der Waals surface area contributed by atoms with Crippen LogP contribution in [0.15, 0.2) is 23.1 Å². The van der Waals surface area contributed by atoms with E-state index in [4.69, 9.17) is 0 Å². The Bertz CT molecular complexity index is 393. The highest BCUT2D eigenvalue weighted by molar-refractivity contribution is 5.80. The topological polar surface area (TPSA) is 62.0 Å². The zero-order valence-corrected chi connectivity index (χ0v) is 7.75. The summed E-state index contributed by atoms with van der Waals surface area (Å²) >= 11 is 0. The van der Waals surface area contributed by atoms with Gasteiger partial charge in [-0.3, -0.25) is 9.59 Å². The van der Waals surface area contributed by atoms with E-state index in [9.17, 15) is 9.59 Å². The summed E-state index contributed by atoms with van der Waals surface area (Å²) < 4.78 is 0. The average molecular weight is 192 g/mol. The zero-order chi connectivity index (χ0) is 9.97. The largest absolute Gasteiger partial charge is 0.352 e. The molecule has 1 aromatic heterocycles. The minimum Gasteiger partial charge on any atom is -0.352 e. The van der Waals surface area contributed by atoms with Crippen LogP contribution in [0.1, 0.15) is 18.4 Å². The lowest BCUT2D eigenvalue weighted by atomic mass is 10.2. The maximum atomic E-state index is 11.3. The van der Waals surface area contributed by atoms with E-state index >= 15 is 0 Å². The SMILES string of the molecule is O=C(NCc1cc[nH]c(=O)c1)C1CC1. The molecule has 0 atom stereocenters. The summed E-state index contributed by atoms with van der Waals surface area (Å²) in [7, 11) is 0. The molecule has 4 heteroatoms. The lowest BCUT2D eigenvalue weighted by Gasteiger charge is -2.02. The molecule has 1 fully saturated rings. The molecule has 74 valence electrons. The van der Waals surface area contributed by atoms with Crippen molar-refractivity contribution in [3.8, 4) is 0 Å². The fourth-order valence-corrected chi connectivity index (χ4v) is 1.28. The molecule has 1 aliphatic carbocycles. The third-order valence-electron chi connectivity index (χ3n) is 2.25. The van der Waals surface area contributed by atoms with Crippen LogP contribution in [0.2, 0.25) is 0 Å². The average Bonchev–Trinajstić information content (AvgIpc) is 2.97. The second-order valence-electron chi connectivity index (χ2n) is 3.55. The maximum absolute atomic E-state index is 11.3. The molecule has 2 rings (SSSR count). The van der Waals surface area contributed by atoms with Crippen molar-refractivity contribution in [2.45, 2.75) is 19.4 Å². The van der Waals surface area contributed by atoms with Gasteiger partial charge in [0.1, 0.15) is 0 Å². The molecule has 0 aliphatic heterocycles. The van der Waals surface area contributed by atoms with Crippen molar-refractivity contribution in [2.24, 2.45) is 5.92 Å². The number of aromatic amines is 1. The first-order chi connectivity index (χ1) is 6.75. The van der Waals surface area contributed by atoms with Gasteiger partial charge in [0.15, 0.2) is 0 Å². The number of aromatic nitrogens is 1. The summed E-state index contributed by atoms with van der Waals surface area (Å²) in [6.07, 6.45) is 3.59. The van der Waals surface area contributed by atoms with Crippen molar-refractivity contribution in [1.29, 1.82) is 0 Å². The third kappa shape index (κ3) is 2.22. The minimum absolute atomic E-state index is 0.102. The van der Waals surface area contributed by atoms with Crippen LogP contribution < -0.4 is 10.9 Å². The Balaban J connectivity index is 1.90. The molecule has 0 spiro atoms. The third-order valence-corrected chi connectivity index (χ3v) is 2.25. The predicted octanol–water partition coefficient (Wildman–Crippen LogP) is 0.401. The minimum atomic E-state index is -0.136. The normalized spacial score (nSPS) is 15.1. The van der Waals surface area contributed by atoms with Gasteiger partial charge < -0.3 is 10.3 Å². The molecule has 0 unspecified atom stereocenters. The predicted molar refractivity (Wildman–Crippen MR) is 51.6 cm³/mol. The van der Waals surface area contributed by atoms with Crippen LogP contribution in [0.4, 0.5) is 0 Å². The molecule has 1 saturated carbocycles. The Labute approximate surface area is 81.3 Å².